The lowest BCUT2D eigenvalue weighted by molar-refractivity contribution is -0.209. The predicted molar refractivity (Wildman–Crippen MR) is 85.1 cm³/mol. The Morgan fingerprint density at radius 3 is 2.52 bits per heavy atom. The van der Waals surface area contributed by atoms with Crippen molar-refractivity contribution in [3.05, 3.63) is 0 Å². The molecule has 5 atom stereocenters. The van der Waals surface area contributed by atoms with E-state index in [0.717, 1.165) is 30.8 Å². The lowest BCUT2D eigenvalue weighted by Crippen LogP contribution is -2.69. The van der Waals surface area contributed by atoms with Gasteiger partial charge in [-0.3, -0.25) is 0 Å². The molecule has 1 aliphatic heterocycles. The summed E-state index contributed by atoms with van der Waals surface area (Å²) in [6.45, 7) is 10.5. The average Bonchev–Trinajstić information content (AvgIpc) is 3.15. The molecular weight excluding hydrogens is 260 g/mol. The molecule has 3 heteroatoms. The van der Waals surface area contributed by atoms with E-state index in [1.807, 2.05) is 0 Å². The van der Waals surface area contributed by atoms with Crippen LogP contribution in [0.2, 0.25) is 0 Å². The van der Waals surface area contributed by atoms with Gasteiger partial charge >= 0.3 is 0 Å². The number of nitrogens with one attached hydrogen (secondary N) is 1. The zero-order chi connectivity index (χ0) is 14.8. The second kappa shape index (κ2) is 4.69. The highest BCUT2D eigenvalue weighted by Gasteiger charge is 2.62. The van der Waals surface area contributed by atoms with Crippen LogP contribution in [0.3, 0.4) is 0 Å². The molecule has 3 nitrogen and oxygen atoms in total. The Hall–Kier alpha value is -0.120. The molecule has 5 rings (SSSR count). The highest BCUT2D eigenvalue weighted by atomic mass is 16.3. The number of hydrogen-bond acceptors (Lipinski definition) is 3. The molecule has 0 radical (unpaired) electrons. The molecule has 0 amide bonds. The number of nitrogens with zero attached hydrogens (tertiary/aromatic N) is 1. The molecule has 0 aromatic carbocycles. The van der Waals surface area contributed by atoms with Crippen LogP contribution in [0.5, 0.6) is 0 Å². The van der Waals surface area contributed by atoms with Crippen LogP contribution in [0.15, 0.2) is 0 Å². The fourth-order valence-corrected chi connectivity index (χ4v) is 5.57. The maximum atomic E-state index is 11.0. The summed E-state index contributed by atoms with van der Waals surface area (Å²) in [7, 11) is 0. The van der Waals surface area contributed by atoms with Crippen LogP contribution >= 0.6 is 0 Å². The number of likely N-dealkylation sites (tertiary alicyclic amines) is 1. The predicted octanol–water partition coefficient (Wildman–Crippen LogP) is 2.25. The summed E-state index contributed by atoms with van der Waals surface area (Å²) in [6, 6.07) is 1.23. The summed E-state index contributed by atoms with van der Waals surface area (Å²) in [5, 5.41) is 14.8. The van der Waals surface area contributed by atoms with Gasteiger partial charge in [-0.15, -0.1) is 0 Å². The Bertz CT molecular complexity index is 415. The van der Waals surface area contributed by atoms with Crippen molar-refractivity contribution in [3.8, 4) is 0 Å². The molecule has 0 spiro atoms. The Kier molecular flexibility index (Phi) is 3.23. The number of hydrogen-bond donors (Lipinski definition) is 2. The highest BCUT2D eigenvalue weighted by Crippen LogP contribution is 2.62. The Morgan fingerprint density at radius 2 is 1.90 bits per heavy atom. The molecule has 1 saturated heterocycles. The molecular formula is C18H32N2O. The fourth-order valence-electron chi connectivity index (χ4n) is 5.57. The SMILES string of the molecule is CC1(C)C2CC(NCC3CCN(C4CC4)C3)[C@](C)(O)C1C2. The maximum absolute atomic E-state index is 11.0. The fraction of sp³-hybridized carbons (Fsp3) is 1.00. The van der Waals surface area contributed by atoms with Crippen LogP contribution in [-0.4, -0.2) is 47.3 Å². The van der Waals surface area contributed by atoms with Gasteiger partial charge in [0.15, 0.2) is 0 Å². The van der Waals surface area contributed by atoms with Crippen molar-refractivity contribution in [1.82, 2.24) is 10.2 Å². The minimum atomic E-state index is -0.521. The first-order valence-corrected chi connectivity index (χ1v) is 9.09. The van der Waals surface area contributed by atoms with Crippen LogP contribution in [0.25, 0.3) is 0 Å². The summed E-state index contributed by atoms with van der Waals surface area (Å²) >= 11 is 0. The van der Waals surface area contributed by atoms with Crippen molar-refractivity contribution in [1.29, 1.82) is 0 Å². The van der Waals surface area contributed by atoms with E-state index in [0.29, 0.717) is 17.4 Å². The Labute approximate surface area is 129 Å². The first-order valence-electron chi connectivity index (χ1n) is 9.09. The van der Waals surface area contributed by atoms with Gasteiger partial charge in [0, 0.05) is 18.6 Å². The maximum Gasteiger partial charge on any atom is 0.0805 e. The average molecular weight is 292 g/mol. The van der Waals surface area contributed by atoms with Crippen molar-refractivity contribution in [2.24, 2.45) is 23.2 Å². The monoisotopic (exact) mass is 292 g/mol. The van der Waals surface area contributed by atoms with E-state index in [4.69, 9.17) is 0 Å². The standard InChI is InChI=1S/C18H32N2O/c1-17(2)13-8-15(17)18(3,21)16(9-13)19-10-12-6-7-20(11-12)14-4-5-14/h12-16,19,21H,4-11H2,1-3H3/t12?,13?,15?,16?,18-/m1/s1. The van der Waals surface area contributed by atoms with Gasteiger partial charge in [0.25, 0.3) is 0 Å². The van der Waals surface area contributed by atoms with E-state index in [1.54, 1.807) is 0 Å². The van der Waals surface area contributed by atoms with Crippen molar-refractivity contribution in [2.75, 3.05) is 19.6 Å². The third-order valence-corrected chi connectivity index (χ3v) is 7.44. The normalized spacial score (nSPS) is 49.1. The Morgan fingerprint density at radius 1 is 1.14 bits per heavy atom. The zero-order valence-electron chi connectivity index (χ0n) is 13.9. The van der Waals surface area contributed by atoms with Crippen LogP contribution in [0.1, 0.15) is 52.9 Å². The minimum Gasteiger partial charge on any atom is -0.388 e. The molecule has 4 saturated carbocycles. The molecule has 120 valence electrons. The van der Waals surface area contributed by atoms with Gasteiger partial charge < -0.3 is 15.3 Å². The largest absolute Gasteiger partial charge is 0.388 e. The molecule has 5 fully saturated rings. The van der Waals surface area contributed by atoms with Gasteiger partial charge in [-0.25, -0.2) is 0 Å². The lowest BCUT2D eigenvalue weighted by Gasteiger charge is -2.65. The van der Waals surface area contributed by atoms with Gasteiger partial charge in [-0.2, -0.15) is 0 Å². The smallest absolute Gasteiger partial charge is 0.0805 e. The first-order chi connectivity index (χ1) is 9.89. The summed E-state index contributed by atoms with van der Waals surface area (Å²) in [4.78, 5) is 2.69. The van der Waals surface area contributed by atoms with Gasteiger partial charge in [-0.05, 0) is 75.3 Å². The Balaban J connectivity index is 1.31. The molecule has 5 aliphatic rings. The van der Waals surface area contributed by atoms with Crippen LogP contribution in [0.4, 0.5) is 0 Å². The number of rotatable bonds is 4. The quantitative estimate of drug-likeness (QED) is 0.834. The topological polar surface area (TPSA) is 35.5 Å². The van der Waals surface area contributed by atoms with Crippen molar-refractivity contribution < 1.29 is 5.11 Å². The van der Waals surface area contributed by atoms with Crippen molar-refractivity contribution >= 4 is 0 Å². The second-order valence-electron chi connectivity index (χ2n) is 9.11. The van der Waals surface area contributed by atoms with Gasteiger partial charge in [0.2, 0.25) is 0 Å². The molecule has 0 aromatic rings. The molecule has 1 heterocycles. The molecule has 0 aromatic heterocycles. The van der Waals surface area contributed by atoms with E-state index in [1.165, 1.54) is 38.8 Å². The van der Waals surface area contributed by atoms with Crippen molar-refractivity contribution in [3.63, 3.8) is 0 Å². The van der Waals surface area contributed by atoms with E-state index in [9.17, 15) is 5.11 Å². The third kappa shape index (κ3) is 2.27. The molecule has 4 aliphatic carbocycles. The molecule has 21 heavy (non-hydrogen) atoms. The highest BCUT2D eigenvalue weighted by molar-refractivity contribution is 5.14. The minimum absolute atomic E-state index is 0.309. The van der Waals surface area contributed by atoms with Gasteiger partial charge in [0.1, 0.15) is 0 Å². The summed E-state index contributed by atoms with van der Waals surface area (Å²) in [5.41, 5.74) is -0.176. The van der Waals surface area contributed by atoms with Crippen LogP contribution in [-0.2, 0) is 0 Å². The number of aliphatic hydroxyl groups is 1. The second-order valence-corrected chi connectivity index (χ2v) is 9.11. The first kappa shape index (κ1) is 14.5. The molecule has 2 N–H and O–H groups in total. The van der Waals surface area contributed by atoms with E-state index in [-0.39, 0.29) is 0 Å². The van der Waals surface area contributed by atoms with Gasteiger partial charge in [0.05, 0.1) is 5.60 Å². The summed E-state index contributed by atoms with van der Waals surface area (Å²) < 4.78 is 0. The van der Waals surface area contributed by atoms with E-state index in [2.05, 4.69) is 31.0 Å². The third-order valence-electron chi connectivity index (χ3n) is 7.44. The zero-order valence-corrected chi connectivity index (χ0v) is 13.9. The molecule has 4 unspecified atom stereocenters. The van der Waals surface area contributed by atoms with Crippen molar-refractivity contribution in [2.45, 2.75) is 70.6 Å². The number of fused-ring (bicyclic) bond motifs is 2. The van der Waals surface area contributed by atoms with E-state index >= 15 is 0 Å². The lowest BCUT2D eigenvalue weighted by atomic mass is 9.43. The van der Waals surface area contributed by atoms with Crippen LogP contribution in [0, 0.1) is 23.2 Å². The molecule has 2 bridgehead atoms. The van der Waals surface area contributed by atoms with Gasteiger partial charge in [-0.1, -0.05) is 13.8 Å². The van der Waals surface area contributed by atoms with E-state index < -0.39 is 5.60 Å². The summed E-state index contributed by atoms with van der Waals surface area (Å²) in [5.74, 6) is 2.09. The van der Waals surface area contributed by atoms with Crippen LogP contribution < -0.4 is 5.32 Å². The summed E-state index contributed by atoms with van der Waals surface area (Å²) in [6.07, 6.45) is 6.59.